The van der Waals surface area contributed by atoms with E-state index in [0.29, 0.717) is 49.7 Å². The van der Waals surface area contributed by atoms with Gasteiger partial charge in [0.25, 0.3) is 11.8 Å². The maximum atomic E-state index is 12.5. The van der Waals surface area contributed by atoms with Crippen LogP contribution in [0.5, 0.6) is 0 Å². The molecule has 2 amide bonds. The van der Waals surface area contributed by atoms with E-state index in [4.69, 9.17) is 10.5 Å². The maximum Gasteiger partial charge on any atom is 0.254 e. The van der Waals surface area contributed by atoms with Crippen LogP contribution < -0.4 is 16.4 Å². The molecule has 2 fully saturated rings. The van der Waals surface area contributed by atoms with Gasteiger partial charge < -0.3 is 26.0 Å². The van der Waals surface area contributed by atoms with Crippen LogP contribution in [0.15, 0.2) is 30.5 Å². The summed E-state index contributed by atoms with van der Waals surface area (Å²) < 4.78 is 5.28. The zero-order valence-electron chi connectivity index (χ0n) is 15.4. The summed E-state index contributed by atoms with van der Waals surface area (Å²) in [5.41, 5.74) is 7.02. The molecule has 0 atom stereocenters. The Kier molecular flexibility index (Phi) is 5.07. The van der Waals surface area contributed by atoms with Gasteiger partial charge >= 0.3 is 0 Å². The number of amides is 2. The Morgan fingerprint density at radius 1 is 1.14 bits per heavy atom. The average molecular weight is 382 g/mol. The number of carbonyl (C=O) groups is 2. The molecule has 1 aromatic heterocycles. The Labute approximate surface area is 162 Å². The van der Waals surface area contributed by atoms with Gasteiger partial charge in [0.15, 0.2) is 0 Å². The first-order valence-corrected chi connectivity index (χ1v) is 9.27. The third kappa shape index (κ3) is 4.20. The fourth-order valence-electron chi connectivity index (χ4n) is 2.93. The van der Waals surface area contributed by atoms with Gasteiger partial charge in [0.2, 0.25) is 5.95 Å². The lowest BCUT2D eigenvalue weighted by Gasteiger charge is -2.26. The standard InChI is InChI=1S/C19H22N6O3/c20-16(26)15-11-21-19(24-17(15)22-13-5-6-13)23-14-3-1-12(2-4-14)18(27)25-7-9-28-10-8-25/h1-4,11,13H,5-10H2,(H2,20,26)(H2,21,22,23,24). The maximum absolute atomic E-state index is 12.5. The van der Waals surface area contributed by atoms with Crippen molar-refractivity contribution in [3.05, 3.63) is 41.6 Å². The lowest BCUT2D eigenvalue weighted by molar-refractivity contribution is 0.0303. The van der Waals surface area contributed by atoms with Crippen LogP contribution >= 0.6 is 0 Å². The minimum absolute atomic E-state index is 0.00664. The molecule has 146 valence electrons. The van der Waals surface area contributed by atoms with Gasteiger partial charge in [-0.2, -0.15) is 4.98 Å². The molecule has 4 N–H and O–H groups in total. The van der Waals surface area contributed by atoms with Crippen molar-refractivity contribution in [1.29, 1.82) is 0 Å². The molecule has 0 bridgehead atoms. The molecule has 2 aromatic rings. The Balaban J connectivity index is 1.46. The zero-order chi connectivity index (χ0) is 19.5. The topological polar surface area (TPSA) is 122 Å². The molecule has 2 aliphatic rings. The molecule has 9 heteroatoms. The molecule has 1 saturated heterocycles. The van der Waals surface area contributed by atoms with Crippen molar-refractivity contribution in [3.63, 3.8) is 0 Å². The van der Waals surface area contributed by atoms with Crippen LogP contribution in [-0.4, -0.2) is 59.0 Å². The predicted molar refractivity (Wildman–Crippen MR) is 104 cm³/mol. The van der Waals surface area contributed by atoms with Gasteiger partial charge in [0.1, 0.15) is 5.82 Å². The fraction of sp³-hybridized carbons (Fsp3) is 0.368. The Hall–Kier alpha value is -3.20. The number of anilines is 3. The summed E-state index contributed by atoms with van der Waals surface area (Å²) >= 11 is 0. The van der Waals surface area contributed by atoms with E-state index in [2.05, 4.69) is 20.6 Å². The van der Waals surface area contributed by atoms with Crippen LogP contribution in [0, 0.1) is 0 Å². The average Bonchev–Trinajstić information content (AvgIpc) is 3.53. The highest BCUT2D eigenvalue weighted by Crippen LogP contribution is 2.26. The van der Waals surface area contributed by atoms with Gasteiger partial charge in [-0.3, -0.25) is 9.59 Å². The van der Waals surface area contributed by atoms with E-state index in [9.17, 15) is 9.59 Å². The summed E-state index contributed by atoms with van der Waals surface area (Å²) in [6.07, 6.45) is 3.51. The number of nitrogens with zero attached hydrogens (tertiary/aromatic N) is 3. The number of nitrogens with two attached hydrogens (primary N) is 1. The molecular weight excluding hydrogens is 360 g/mol. The summed E-state index contributed by atoms with van der Waals surface area (Å²) in [7, 11) is 0. The number of ether oxygens (including phenoxy) is 1. The minimum Gasteiger partial charge on any atom is -0.378 e. The third-order valence-corrected chi connectivity index (χ3v) is 4.66. The van der Waals surface area contributed by atoms with E-state index in [1.54, 1.807) is 29.2 Å². The van der Waals surface area contributed by atoms with Crippen LogP contribution in [0.4, 0.5) is 17.5 Å². The molecule has 0 unspecified atom stereocenters. The van der Waals surface area contributed by atoms with Gasteiger partial charge in [-0.05, 0) is 37.1 Å². The number of hydrogen-bond donors (Lipinski definition) is 3. The third-order valence-electron chi connectivity index (χ3n) is 4.66. The highest BCUT2D eigenvalue weighted by molar-refractivity contribution is 5.97. The van der Waals surface area contributed by atoms with Crippen molar-refractivity contribution in [2.24, 2.45) is 5.73 Å². The number of morpholine rings is 1. The van der Waals surface area contributed by atoms with Crippen molar-refractivity contribution in [2.75, 3.05) is 36.9 Å². The Bertz CT molecular complexity index is 876. The van der Waals surface area contributed by atoms with Crippen molar-refractivity contribution in [1.82, 2.24) is 14.9 Å². The van der Waals surface area contributed by atoms with Gasteiger partial charge in [0.05, 0.1) is 18.8 Å². The molecule has 28 heavy (non-hydrogen) atoms. The van der Waals surface area contributed by atoms with Gasteiger partial charge in [0, 0.05) is 36.6 Å². The Morgan fingerprint density at radius 2 is 1.86 bits per heavy atom. The quantitative estimate of drug-likeness (QED) is 0.689. The van der Waals surface area contributed by atoms with E-state index >= 15 is 0 Å². The van der Waals surface area contributed by atoms with Crippen molar-refractivity contribution in [2.45, 2.75) is 18.9 Å². The van der Waals surface area contributed by atoms with Crippen molar-refractivity contribution < 1.29 is 14.3 Å². The minimum atomic E-state index is -0.569. The highest BCUT2D eigenvalue weighted by Gasteiger charge is 2.24. The molecule has 2 heterocycles. The predicted octanol–water partition coefficient (Wildman–Crippen LogP) is 1.37. The van der Waals surface area contributed by atoms with Crippen LogP contribution in [0.2, 0.25) is 0 Å². The van der Waals surface area contributed by atoms with Gasteiger partial charge in [-0.1, -0.05) is 0 Å². The molecule has 1 aromatic carbocycles. The highest BCUT2D eigenvalue weighted by atomic mass is 16.5. The van der Waals surface area contributed by atoms with Crippen molar-refractivity contribution >= 4 is 29.3 Å². The first-order chi connectivity index (χ1) is 13.6. The molecule has 0 spiro atoms. The first kappa shape index (κ1) is 18.2. The van der Waals surface area contributed by atoms with E-state index in [1.807, 2.05) is 0 Å². The molecular formula is C19H22N6O3. The van der Waals surface area contributed by atoms with Crippen molar-refractivity contribution in [3.8, 4) is 0 Å². The number of nitrogens with one attached hydrogen (secondary N) is 2. The smallest absolute Gasteiger partial charge is 0.254 e. The summed E-state index contributed by atoms with van der Waals surface area (Å²) in [6, 6.07) is 7.45. The number of rotatable bonds is 6. The number of primary amides is 1. The van der Waals surface area contributed by atoms with Crippen LogP contribution in [0.1, 0.15) is 33.6 Å². The molecule has 0 radical (unpaired) electrons. The molecule has 4 rings (SSSR count). The molecule has 1 aliphatic carbocycles. The number of aromatic nitrogens is 2. The number of hydrogen-bond acceptors (Lipinski definition) is 7. The van der Waals surface area contributed by atoms with Crippen LogP contribution in [0.3, 0.4) is 0 Å². The second-order valence-electron chi connectivity index (χ2n) is 6.85. The lowest BCUT2D eigenvalue weighted by Crippen LogP contribution is -2.40. The largest absolute Gasteiger partial charge is 0.378 e. The van der Waals surface area contributed by atoms with Gasteiger partial charge in [-0.15, -0.1) is 0 Å². The monoisotopic (exact) mass is 382 g/mol. The summed E-state index contributed by atoms with van der Waals surface area (Å²) in [4.78, 5) is 34.4. The van der Waals surface area contributed by atoms with Crippen LogP contribution in [-0.2, 0) is 4.74 Å². The zero-order valence-corrected chi connectivity index (χ0v) is 15.4. The number of carbonyl (C=O) groups excluding carboxylic acids is 2. The SMILES string of the molecule is NC(=O)c1cnc(Nc2ccc(C(=O)N3CCOCC3)cc2)nc1NC1CC1. The van der Waals surface area contributed by atoms with E-state index in [1.165, 1.54) is 6.20 Å². The van der Waals surface area contributed by atoms with E-state index in [0.717, 1.165) is 18.5 Å². The normalized spacial score (nSPS) is 16.5. The van der Waals surface area contributed by atoms with Crippen LogP contribution in [0.25, 0.3) is 0 Å². The van der Waals surface area contributed by atoms with E-state index in [-0.39, 0.29) is 11.5 Å². The second kappa shape index (κ2) is 7.81. The van der Waals surface area contributed by atoms with Gasteiger partial charge in [-0.25, -0.2) is 4.98 Å². The molecule has 9 nitrogen and oxygen atoms in total. The first-order valence-electron chi connectivity index (χ1n) is 9.27. The Morgan fingerprint density at radius 3 is 2.50 bits per heavy atom. The molecule has 1 saturated carbocycles. The summed E-state index contributed by atoms with van der Waals surface area (Å²) in [5, 5.41) is 6.29. The number of benzene rings is 1. The summed E-state index contributed by atoms with van der Waals surface area (Å²) in [5.74, 6) is 0.209. The van der Waals surface area contributed by atoms with E-state index < -0.39 is 5.91 Å². The lowest BCUT2D eigenvalue weighted by atomic mass is 10.1. The second-order valence-corrected chi connectivity index (χ2v) is 6.85. The fourth-order valence-corrected chi connectivity index (χ4v) is 2.93. The molecule has 1 aliphatic heterocycles. The summed E-state index contributed by atoms with van der Waals surface area (Å²) in [6.45, 7) is 2.35.